The van der Waals surface area contributed by atoms with Gasteiger partial charge >= 0.3 is 0 Å². The van der Waals surface area contributed by atoms with Gasteiger partial charge in [-0.1, -0.05) is 152 Å². The van der Waals surface area contributed by atoms with Gasteiger partial charge in [-0.05, 0) is 116 Å². The van der Waals surface area contributed by atoms with Gasteiger partial charge in [0.05, 0.1) is 17.1 Å². The molecule has 0 amide bonds. The number of aliphatic hydroxyl groups is 1. The summed E-state index contributed by atoms with van der Waals surface area (Å²) < 4.78 is 0. The Kier molecular flexibility index (Phi) is 10.8. The molecule has 0 bridgehead atoms. The first-order valence-electron chi connectivity index (χ1n) is 20.3. The summed E-state index contributed by atoms with van der Waals surface area (Å²) >= 11 is 0. The van der Waals surface area contributed by atoms with Crippen molar-refractivity contribution in [2.45, 2.75) is 19.8 Å². The number of carbonyl (C=O) groups is 1. The number of aliphatic hydroxyl groups excluding tert-OH is 1. The molecule has 0 fully saturated rings. The number of aryl methyl sites for hydroxylation is 1. The van der Waals surface area contributed by atoms with E-state index >= 15 is 0 Å². The molecule has 0 radical (unpaired) electrons. The van der Waals surface area contributed by atoms with Gasteiger partial charge in [-0.3, -0.25) is 14.8 Å². The second-order valence-electron chi connectivity index (χ2n) is 15.0. The maximum Gasteiger partial charge on any atom is 0.159 e. The topological polar surface area (TPSA) is 63.1 Å². The average molecular weight is 775 g/mol. The summed E-state index contributed by atoms with van der Waals surface area (Å²) in [6, 6.07) is 66.1. The van der Waals surface area contributed by atoms with Crippen LogP contribution >= 0.6 is 0 Å². The van der Waals surface area contributed by atoms with E-state index in [-0.39, 0.29) is 11.5 Å². The Labute approximate surface area is 350 Å². The molecule has 0 aliphatic heterocycles. The monoisotopic (exact) mass is 774 g/mol. The lowest BCUT2D eigenvalue weighted by atomic mass is 9.86. The predicted molar refractivity (Wildman–Crippen MR) is 247 cm³/mol. The van der Waals surface area contributed by atoms with E-state index in [0.29, 0.717) is 12.8 Å². The fraction of sp³-hybridized carbons (Fsp3) is 0.0536. The summed E-state index contributed by atoms with van der Waals surface area (Å²) in [5, 5.41) is 12.0. The van der Waals surface area contributed by atoms with E-state index in [1.165, 1.54) is 18.4 Å². The number of fused-ring (bicyclic) bond motifs is 1. The predicted octanol–water partition coefficient (Wildman–Crippen LogP) is 14.3. The highest BCUT2D eigenvalue weighted by Crippen LogP contribution is 2.41. The molecule has 2 aromatic heterocycles. The number of ketones is 1. The first kappa shape index (κ1) is 37.9. The fourth-order valence-corrected chi connectivity index (χ4v) is 8.16. The van der Waals surface area contributed by atoms with Crippen LogP contribution in [0.4, 0.5) is 0 Å². The number of rotatable bonds is 11. The zero-order valence-electron chi connectivity index (χ0n) is 33.3. The number of aromatic nitrogens is 2. The first-order chi connectivity index (χ1) is 29.5. The van der Waals surface area contributed by atoms with Crippen molar-refractivity contribution in [3.8, 4) is 78.1 Å². The van der Waals surface area contributed by atoms with E-state index in [2.05, 4.69) is 169 Å². The highest BCUT2D eigenvalue weighted by Gasteiger charge is 2.17. The van der Waals surface area contributed by atoms with Crippen molar-refractivity contribution in [1.29, 1.82) is 0 Å². The molecular formula is C56H42N2O2. The van der Waals surface area contributed by atoms with Gasteiger partial charge in [0.2, 0.25) is 0 Å². The average Bonchev–Trinajstić information content (AvgIpc) is 3.31. The fourth-order valence-electron chi connectivity index (χ4n) is 8.16. The molecule has 4 nitrogen and oxygen atoms in total. The third kappa shape index (κ3) is 8.05. The number of nitrogens with zero attached hydrogens (tertiary/aromatic N) is 2. The van der Waals surface area contributed by atoms with Crippen LogP contribution in [0.2, 0.25) is 0 Å². The quantitative estimate of drug-likeness (QED) is 0.105. The lowest BCUT2D eigenvalue weighted by Gasteiger charge is -2.18. The van der Waals surface area contributed by atoms with E-state index in [9.17, 15) is 9.90 Å². The number of carbonyl (C=O) groups excluding carboxylic acids is 1. The number of allylic oxidation sites excluding steroid dienone is 2. The van der Waals surface area contributed by atoms with Crippen molar-refractivity contribution in [2.75, 3.05) is 0 Å². The Hall–Kier alpha value is -7.69. The van der Waals surface area contributed by atoms with Gasteiger partial charge in [-0.15, -0.1) is 0 Å². The Morgan fingerprint density at radius 2 is 0.983 bits per heavy atom. The molecule has 4 heteroatoms. The van der Waals surface area contributed by atoms with Crippen LogP contribution in [0.3, 0.4) is 0 Å². The molecule has 0 atom stereocenters. The Bertz CT molecular complexity index is 2990. The summed E-state index contributed by atoms with van der Waals surface area (Å²) in [6.45, 7) is 1.53. The Balaban J connectivity index is 1.16. The summed E-state index contributed by atoms with van der Waals surface area (Å²) in [7, 11) is 0. The molecule has 9 rings (SSSR count). The molecule has 0 aliphatic carbocycles. The second kappa shape index (κ2) is 17.0. The highest BCUT2D eigenvalue weighted by atomic mass is 16.3. The summed E-state index contributed by atoms with van der Waals surface area (Å²) in [5.41, 5.74) is 16.1. The minimum atomic E-state index is -0.0987. The number of benzene rings is 7. The van der Waals surface area contributed by atoms with Crippen LogP contribution < -0.4 is 0 Å². The van der Waals surface area contributed by atoms with Crippen molar-refractivity contribution in [2.24, 2.45) is 0 Å². The van der Waals surface area contributed by atoms with Gasteiger partial charge < -0.3 is 5.11 Å². The summed E-state index contributed by atoms with van der Waals surface area (Å²) in [5.74, 6) is -0.0763. The third-order valence-corrected chi connectivity index (χ3v) is 11.0. The highest BCUT2D eigenvalue weighted by molar-refractivity contribution is 5.96. The van der Waals surface area contributed by atoms with E-state index in [1.54, 1.807) is 0 Å². The van der Waals surface area contributed by atoms with E-state index < -0.39 is 0 Å². The molecule has 0 saturated heterocycles. The largest absolute Gasteiger partial charge is 0.512 e. The van der Waals surface area contributed by atoms with Gasteiger partial charge in [0.25, 0.3) is 0 Å². The molecule has 7 aromatic carbocycles. The molecule has 1 N–H and O–H groups in total. The van der Waals surface area contributed by atoms with Gasteiger partial charge in [-0.2, -0.15) is 0 Å². The molecule has 9 aromatic rings. The van der Waals surface area contributed by atoms with Crippen molar-refractivity contribution in [1.82, 2.24) is 9.97 Å². The molecule has 0 aliphatic rings. The van der Waals surface area contributed by atoms with E-state index in [1.807, 2.05) is 36.7 Å². The van der Waals surface area contributed by atoms with Crippen LogP contribution in [-0.2, 0) is 11.2 Å². The zero-order chi connectivity index (χ0) is 40.8. The lowest BCUT2D eigenvalue weighted by Crippen LogP contribution is -1.99. The first-order valence-corrected chi connectivity index (χ1v) is 20.3. The van der Waals surface area contributed by atoms with Crippen molar-refractivity contribution in [3.05, 3.63) is 218 Å². The van der Waals surface area contributed by atoms with Gasteiger partial charge in [0.1, 0.15) is 0 Å². The minimum absolute atomic E-state index is 0.0224. The maximum atomic E-state index is 12.7. The molecule has 0 saturated carbocycles. The van der Waals surface area contributed by atoms with Crippen LogP contribution in [0.5, 0.6) is 0 Å². The van der Waals surface area contributed by atoms with Crippen LogP contribution in [0.1, 0.15) is 18.9 Å². The molecule has 0 unspecified atom stereocenters. The molecule has 2 heterocycles. The molecule has 0 spiro atoms. The second-order valence-corrected chi connectivity index (χ2v) is 15.0. The number of hydrogen-bond acceptors (Lipinski definition) is 4. The van der Waals surface area contributed by atoms with E-state index in [0.717, 1.165) is 89.1 Å². The van der Waals surface area contributed by atoms with Gasteiger partial charge in [0, 0.05) is 41.4 Å². The van der Waals surface area contributed by atoms with Crippen molar-refractivity contribution in [3.63, 3.8) is 0 Å². The van der Waals surface area contributed by atoms with Gasteiger partial charge in [-0.25, -0.2) is 0 Å². The maximum absolute atomic E-state index is 12.7. The Morgan fingerprint density at radius 1 is 0.483 bits per heavy atom. The molecular weight excluding hydrogens is 733 g/mol. The lowest BCUT2D eigenvalue weighted by molar-refractivity contribution is -0.114. The van der Waals surface area contributed by atoms with E-state index in [4.69, 9.17) is 4.98 Å². The van der Waals surface area contributed by atoms with Crippen LogP contribution in [-0.4, -0.2) is 20.9 Å². The normalized spacial score (nSPS) is 11.4. The van der Waals surface area contributed by atoms with Crippen molar-refractivity contribution < 1.29 is 9.90 Å². The minimum Gasteiger partial charge on any atom is -0.512 e. The smallest absolute Gasteiger partial charge is 0.159 e. The molecule has 288 valence electrons. The Morgan fingerprint density at radius 3 is 1.58 bits per heavy atom. The summed E-state index contributed by atoms with van der Waals surface area (Å²) in [4.78, 5) is 22.0. The standard InChI is InChI=1S/C56H42N2O2/c1-38(59)34-48(60)30-29-39-12-2-4-14-49(39)45-35-46(52-17-8-6-15-50(52)41-21-25-43(26-22-41)55-20-10-11-32-57-55)37-47(36-45)53-18-9-7-16-51(53)42-23-27-44(28-24-42)56-54-19-5-3-13-40(54)31-33-58-56/h2-28,31-37,59H,29-30H2,1H3. The van der Waals surface area contributed by atoms with Gasteiger partial charge in [0.15, 0.2) is 5.78 Å². The van der Waals surface area contributed by atoms with Crippen molar-refractivity contribution >= 4 is 16.6 Å². The SMILES string of the molecule is CC(O)=CC(=O)CCc1ccccc1-c1cc(-c2ccccc2-c2ccc(-c3ccccn3)cc2)cc(-c2ccccc2-c2ccc(-c3nccc4ccccc34)cc2)c1. The van der Waals surface area contributed by atoms with Crippen LogP contribution in [0.25, 0.3) is 88.9 Å². The summed E-state index contributed by atoms with van der Waals surface area (Å²) in [6.07, 6.45) is 5.86. The zero-order valence-corrected chi connectivity index (χ0v) is 33.3. The van der Waals surface area contributed by atoms with Crippen LogP contribution in [0.15, 0.2) is 212 Å². The molecule has 60 heavy (non-hydrogen) atoms. The number of hydrogen-bond donors (Lipinski definition) is 1. The third-order valence-electron chi connectivity index (χ3n) is 11.0. The van der Waals surface area contributed by atoms with Crippen LogP contribution in [0, 0.1) is 0 Å². The number of pyridine rings is 2.